The van der Waals surface area contributed by atoms with E-state index in [2.05, 4.69) is 41.5 Å². The van der Waals surface area contributed by atoms with Gasteiger partial charge in [0.15, 0.2) is 0 Å². The number of hydrogen-bond acceptors (Lipinski definition) is 1. The van der Waals surface area contributed by atoms with E-state index in [1.807, 2.05) is 26.3 Å². The number of allylic oxidation sites excluding steroid dienone is 2. The zero-order valence-electron chi connectivity index (χ0n) is 20.5. The molecule has 0 aliphatic heterocycles. The summed E-state index contributed by atoms with van der Waals surface area (Å²) in [6, 6.07) is 0. The van der Waals surface area contributed by atoms with Crippen LogP contribution in [0.5, 0.6) is 0 Å². The second-order valence-electron chi connectivity index (χ2n) is 10.8. The van der Waals surface area contributed by atoms with E-state index in [-0.39, 0.29) is 11.3 Å². The van der Waals surface area contributed by atoms with E-state index in [0.717, 1.165) is 17.8 Å². The van der Waals surface area contributed by atoms with E-state index in [9.17, 15) is 4.79 Å². The van der Waals surface area contributed by atoms with Crippen LogP contribution in [0.2, 0.25) is 0 Å². The second kappa shape index (κ2) is 9.05. The predicted molar refractivity (Wildman–Crippen MR) is 122 cm³/mol. The largest absolute Gasteiger partial charge is 0.300 e. The maximum atomic E-state index is 12.3. The number of carbonyl (C=O) groups is 1. The van der Waals surface area contributed by atoms with Crippen molar-refractivity contribution in [2.24, 2.45) is 40.4 Å². The molecule has 0 aromatic rings. The van der Waals surface area contributed by atoms with Gasteiger partial charge in [-0.15, -0.1) is 0 Å². The molecule has 28 heavy (non-hydrogen) atoms. The molecule has 3 rings (SSSR count). The average Bonchev–Trinajstić information content (AvgIpc) is 2.66. The maximum absolute atomic E-state index is 12.3. The minimum atomic E-state index is 0.194. The van der Waals surface area contributed by atoms with Gasteiger partial charge in [0.2, 0.25) is 0 Å². The first-order valence-electron chi connectivity index (χ1n) is 12.3. The van der Waals surface area contributed by atoms with Crippen molar-refractivity contribution in [3.63, 3.8) is 0 Å². The molecule has 3 aliphatic rings. The number of ketones is 1. The van der Waals surface area contributed by atoms with Crippen molar-refractivity contribution in [3.8, 4) is 0 Å². The zero-order valence-corrected chi connectivity index (χ0v) is 20.5. The number of rotatable bonds is 4. The monoisotopic (exact) mass is 388 g/mol. The molecular weight excluding hydrogens is 340 g/mol. The summed E-state index contributed by atoms with van der Waals surface area (Å²) in [5, 5.41) is 0. The van der Waals surface area contributed by atoms with Crippen molar-refractivity contribution in [1.29, 1.82) is 0 Å². The lowest BCUT2D eigenvalue weighted by atomic mass is 9.44. The third kappa shape index (κ3) is 3.89. The highest BCUT2D eigenvalue weighted by Gasteiger charge is 2.56. The van der Waals surface area contributed by atoms with Crippen LogP contribution in [-0.2, 0) is 4.79 Å². The maximum Gasteiger partial charge on any atom is 0.133 e. The molecule has 0 saturated heterocycles. The van der Waals surface area contributed by atoms with Crippen LogP contribution in [0, 0.1) is 40.4 Å². The van der Waals surface area contributed by atoms with E-state index < -0.39 is 0 Å². The molecule has 0 radical (unpaired) electrons. The summed E-state index contributed by atoms with van der Waals surface area (Å²) in [6.45, 7) is 20.3. The summed E-state index contributed by atoms with van der Waals surface area (Å²) >= 11 is 0. The van der Waals surface area contributed by atoms with Gasteiger partial charge in [-0.3, -0.25) is 4.79 Å². The van der Waals surface area contributed by atoms with E-state index in [1.54, 1.807) is 5.57 Å². The summed E-state index contributed by atoms with van der Waals surface area (Å²) in [7, 11) is 0. The summed E-state index contributed by atoms with van der Waals surface area (Å²) in [6.07, 6.45) is 10.5. The third-order valence-electron chi connectivity index (χ3n) is 9.35. The normalized spacial score (nSPS) is 41.3. The Morgan fingerprint density at radius 2 is 1.79 bits per heavy atom. The topological polar surface area (TPSA) is 17.1 Å². The van der Waals surface area contributed by atoms with Gasteiger partial charge >= 0.3 is 0 Å². The molecule has 2 saturated carbocycles. The van der Waals surface area contributed by atoms with Gasteiger partial charge in [-0.05, 0) is 93.3 Å². The van der Waals surface area contributed by atoms with Crippen molar-refractivity contribution in [1.82, 2.24) is 0 Å². The number of hydrogen-bond donors (Lipinski definition) is 0. The average molecular weight is 389 g/mol. The van der Waals surface area contributed by atoms with Gasteiger partial charge < -0.3 is 0 Å². The van der Waals surface area contributed by atoms with Crippen LogP contribution in [0.1, 0.15) is 114 Å². The van der Waals surface area contributed by atoms with Crippen LogP contribution in [0.4, 0.5) is 0 Å². The van der Waals surface area contributed by atoms with Crippen LogP contribution < -0.4 is 0 Å². The van der Waals surface area contributed by atoms with Crippen LogP contribution >= 0.6 is 0 Å². The summed E-state index contributed by atoms with van der Waals surface area (Å²) < 4.78 is 0. The highest BCUT2D eigenvalue weighted by atomic mass is 16.1. The first-order valence-corrected chi connectivity index (χ1v) is 12.3. The molecule has 1 nitrogen and oxygen atoms in total. The molecule has 3 aliphatic carbocycles. The van der Waals surface area contributed by atoms with Crippen LogP contribution in [-0.4, -0.2) is 5.78 Å². The van der Waals surface area contributed by atoms with Crippen molar-refractivity contribution in [2.75, 3.05) is 0 Å². The van der Waals surface area contributed by atoms with Crippen LogP contribution in [0.25, 0.3) is 0 Å². The van der Waals surface area contributed by atoms with Gasteiger partial charge in [-0.2, -0.15) is 0 Å². The van der Waals surface area contributed by atoms with Gasteiger partial charge in [-0.1, -0.05) is 66.0 Å². The highest BCUT2D eigenvalue weighted by Crippen LogP contribution is 2.65. The van der Waals surface area contributed by atoms with Gasteiger partial charge in [-0.25, -0.2) is 0 Å². The fourth-order valence-electron chi connectivity index (χ4n) is 7.50. The lowest BCUT2D eigenvalue weighted by Crippen LogP contribution is -2.53. The minimum absolute atomic E-state index is 0.194. The Labute approximate surface area is 176 Å². The Bertz CT molecular complexity index is 587. The summed E-state index contributed by atoms with van der Waals surface area (Å²) in [5.41, 5.74) is 4.17. The zero-order chi connectivity index (χ0) is 21.3. The fraction of sp³-hybridized carbons (Fsp3) is 0.889. The molecule has 2 fully saturated rings. The molecule has 0 amide bonds. The Morgan fingerprint density at radius 3 is 2.36 bits per heavy atom. The summed E-state index contributed by atoms with van der Waals surface area (Å²) in [4.78, 5) is 12.3. The Hall–Kier alpha value is -0.590. The van der Waals surface area contributed by atoms with Crippen LogP contribution in [0.3, 0.4) is 0 Å². The van der Waals surface area contributed by atoms with Gasteiger partial charge in [0.25, 0.3) is 0 Å². The van der Waals surface area contributed by atoms with Gasteiger partial charge in [0, 0.05) is 5.92 Å². The molecule has 0 heterocycles. The smallest absolute Gasteiger partial charge is 0.133 e. The molecule has 0 bridgehead atoms. The van der Waals surface area contributed by atoms with Gasteiger partial charge in [0.1, 0.15) is 5.78 Å². The fourth-order valence-corrected chi connectivity index (χ4v) is 7.50. The first-order chi connectivity index (χ1) is 13.1. The molecular formula is C27H48O. The molecule has 162 valence electrons. The van der Waals surface area contributed by atoms with Gasteiger partial charge in [0.05, 0.1) is 0 Å². The molecule has 7 atom stereocenters. The lowest BCUT2D eigenvalue weighted by molar-refractivity contribution is -0.132. The minimum Gasteiger partial charge on any atom is -0.300 e. The lowest BCUT2D eigenvalue weighted by Gasteiger charge is -2.60. The van der Waals surface area contributed by atoms with Crippen molar-refractivity contribution in [3.05, 3.63) is 11.1 Å². The number of carbonyl (C=O) groups excluding carboxylic acids is 1. The second-order valence-corrected chi connectivity index (χ2v) is 10.8. The third-order valence-corrected chi connectivity index (χ3v) is 9.35. The molecule has 0 spiro atoms. The predicted octanol–water partition coefficient (Wildman–Crippen LogP) is 8.23. The SMILES string of the molecule is CC.CCCC1C2CC(C)=C3CC(C)CCC3(C)C2CCC1(C)C(C)C(C)=O. The van der Waals surface area contributed by atoms with Crippen molar-refractivity contribution < 1.29 is 4.79 Å². The van der Waals surface area contributed by atoms with Crippen molar-refractivity contribution >= 4 is 5.78 Å². The molecule has 0 aromatic heterocycles. The number of Topliss-reactive ketones (excluding diaryl/α,β-unsaturated/α-hetero) is 1. The summed E-state index contributed by atoms with van der Waals surface area (Å²) in [5.74, 6) is 3.80. The van der Waals surface area contributed by atoms with E-state index >= 15 is 0 Å². The van der Waals surface area contributed by atoms with Crippen LogP contribution in [0.15, 0.2) is 11.1 Å². The van der Waals surface area contributed by atoms with E-state index in [1.165, 1.54) is 51.4 Å². The quantitative estimate of drug-likeness (QED) is 0.443. The number of fused-ring (bicyclic) bond motifs is 3. The molecule has 7 unspecified atom stereocenters. The Kier molecular flexibility index (Phi) is 7.65. The highest BCUT2D eigenvalue weighted by molar-refractivity contribution is 5.78. The Morgan fingerprint density at radius 1 is 1.14 bits per heavy atom. The standard InChI is InChI=1S/C25H42O.C2H6/c1-8-9-21-20-15-17(3)23-14-16(2)10-12-25(23,7)22(20)11-13-24(21,6)18(4)19(5)26;1-2/h16,18,20-22H,8-15H2,1-7H3;1-2H3. The molecule has 0 aromatic carbocycles. The molecule has 0 N–H and O–H groups in total. The first kappa shape index (κ1) is 23.7. The van der Waals surface area contributed by atoms with Crippen molar-refractivity contribution in [2.45, 2.75) is 114 Å². The van der Waals surface area contributed by atoms with E-state index in [0.29, 0.717) is 17.1 Å². The molecule has 1 heteroatoms. The van der Waals surface area contributed by atoms with E-state index in [4.69, 9.17) is 0 Å². The Balaban J connectivity index is 0.00000136.